The Labute approximate surface area is 64.4 Å². The molecule has 0 saturated carbocycles. The van der Waals surface area contributed by atoms with Crippen LogP contribution >= 0.6 is 12.2 Å². The molecule has 0 rings (SSSR count). The second-order valence-electron chi connectivity index (χ2n) is 1.72. The zero-order chi connectivity index (χ0) is 8.15. The van der Waals surface area contributed by atoms with Gasteiger partial charge in [0.15, 0.2) is 5.11 Å². The molecule has 0 saturated heterocycles. The molecule has 4 nitrogen and oxygen atoms in total. The van der Waals surface area contributed by atoms with Gasteiger partial charge in [0.25, 0.3) is 0 Å². The number of carbonyl (C=O) groups is 2. The van der Waals surface area contributed by atoms with Crippen molar-refractivity contribution in [2.75, 3.05) is 14.1 Å². The molecule has 0 aromatic heterocycles. The maximum absolute atomic E-state index is 10.1. The molecule has 0 fully saturated rings. The van der Waals surface area contributed by atoms with Crippen molar-refractivity contribution < 1.29 is 9.59 Å². The fraction of sp³-hybridized carbons (Fsp3) is 0.400. The highest BCUT2D eigenvalue weighted by molar-refractivity contribution is 7.80. The normalized spacial score (nSPS) is 8.20. The van der Waals surface area contributed by atoms with Gasteiger partial charge >= 0.3 is 0 Å². The van der Waals surface area contributed by atoms with Crippen molar-refractivity contribution in [2.45, 2.75) is 0 Å². The summed E-state index contributed by atoms with van der Waals surface area (Å²) < 4.78 is 0. The van der Waals surface area contributed by atoms with Crippen molar-refractivity contribution in [1.82, 2.24) is 9.80 Å². The minimum Gasteiger partial charge on any atom is -0.295 e. The Morgan fingerprint density at radius 1 is 1.20 bits per heavy atom. The van der Waals surface area contributed by atoms with Crippen LogP contribution in [0.15, 0.2) is 0 Å². The highest BCUT2D eigenvalue weighted by Crippen LogP contribution is 1.86. The molecule has 0 aromatic carbocycles. The Morgan fingerprint density at radius 2 is 1.50 bits per heavy atom. The van der Waals surface area contributed by atoms with E-state index in [-0.39, 0.29) is 5.11 Å². The van der Waals surface area contributed by atoms with Crippen LogP contribution in [0, 0.1) is 0 Å². The van der Waals surface area contributed by atoms with Crippen molar-refractivity contribution >= 4 is 30.2 Å². The molecule has 0 aliphatic heterocycles. The molecule has 0 bridgehead atoms. The summed E-state index contributed by atoms with van der Waals surface area (Å²) in [6, 6.07) is 0. The lowest BCUT2D eigenvalue weighted by Crippen LogP contribution is -2.36. The number of thiocarbonyl (C=S) groups is 1. The quantitative estimate of drug-likeness (QED) is 0.402. The molecule has 0 unspecified atom stereocenters. The van der Waals surface area contributed by atoms with Crippen molar-refractivity contribution in [2.24, 2.45) is 0 Å². The third-order valence-electron chi connectivity index (χ3n) is 0.920. The van der Waals surface area contributed by atoms with E-state index in [4.69, 9.17) is 0 Å². The second kappa shape index (κ2) is 3.94. The molecule has 0 spiro atoms. The van der Waals surface area contributed by atoms with Gasteiger partial charge in [0.2, 0.25) is 12.8 Å². The van der Waals surface area contributed by atoms with Gasteiger partial charge < -0.3 is 0 Å². The van der Waals surface area contributed by atoms with E-state index in [0.29, 0.717) is 12.8 Å². The molecule has 10 heavy (non-hydrogen) atoms. The Hall–Kier alpha value is -0.970. The van der Waals surface area contributed by atoms with Crippen LogP contribution in [-0.2, 0) is 9.59 Å². The fourth-order valence-electron chi connectivity index (χ4n) is 0.339. The zero-order valence-corrected chi connectivity index (χ0v) is 6.59. The van der Waals surface area contributed by atoms with Gasteiger partial charge in [0.1, 0.15) is 0 Å². The molecule has 0 aliphatic carbocycles. The van der Waals surface area contributed by atoms with Gasteiger partial charge in [0, 0.05) is 14.1 Å². The van der Waals surface area contributed by atoms with Crippen LogP contribution in [0.4, 0.5) is 0 Å². The summed E-state index contributed by atoms with van der Waals surface area (Å²) in [5.74, 6) is 0. The first kappa shape index (κ1) is 9.03. The van der Waals surface area contributed by atoms with E-state index in [1.165, 1.54) is 14.1 Å². The van der Waals surface area contributed by atoms with E-state index in [1.807, 2.05) is 0 Å². The summed E-state index contributed by atoms with van der Waals surface area (Å²) in [5, 5.41) is 0.185. The molecule has 5 heteroatoms. The summed E-state index contributed by atoms with van der Waals surface area (Å²) in [5.41, 5.74) is 0. The van der Waals surface area contributed by atoms with Crippen molar-refractivity contribution in [3.63, 3.8) is 0 Å². The maximum Gasteiger partial charge on any atom is 0.215 e. The van der Waals surface area contributed by atoms with Crippen LogP contribution in [0.2, 0.25) is 0 Å². The number of carbonyl (C=O) groups excluding carboxylic acids is 2. The van der Waals surface area contributed by atoms with Gasteiger partial charge in [-0.15, -0.1) is 0 Å². The lowest BCUT2D eigenvalue weighted by Gasteiger charge is -2.17. The van der Waals surface area contributed by atoms with E-state index in [9.17, 15) is 9.59 Å². The van der Waals surface area contributed by atoms with Gasteiger partial charge in [-0.25, -0.2) is 0 Å². The van der Waals surface area contributed by atoms with Crippen LogP contribution in [0.3, 0.4) is 0 Å². The van der Waals surface area contributed by atoms with E-state index in [2.05, 4.69) is 12.2 Å². The van der Waals surface area contributed by atoms with E-state index < -0.39 is 0 Å². The molecule has 56 valence electrons. The molecule has 2 amide bonds. The monoisotopic (exact) mass is 160 g/mol. The van der Waals surface area contributed by atoms with Gasteiger partial charge in [0.05, 0.1) is 0 Å². The summed E-state index contributed by atoms with van der Waals surface area (Å²) in [6.45, 7) is 0. The van der Waals surface area contributed by atoms with E-state index in [0.717, 1.165) is 9.80 Å². The standard InChI is InChI=1S/C5H8N2O2S/c1-6(3-8)5(10)7(2)4-9/h3-4H,1-2H3. The average molecular weight is 160 g/mol. The van der Waals surface area contributed by atoms with E-state index >= 15 is 0 Å². The summed E-state index contributed by atoms with van der Waals surface area (Å²) in [6.07, 6.45) is 1.09. The third kappa shape index (κ3) is 2.10. The van der Waals surface area contributed by atoms with Crippen LogP contribution in [-0.4, -0.2) is 41.8 Å². The Balaban J connectivity index is 4.06. The predicted molar refractivity (Wildman–Crippen MR) is 40.3 cm³/mol. The Kier molecular flexibility index (Phi) is 3.56. The fourth-order valence-corrected chi connectivity index (χ4v) is 0.425. The summed E-state index contributed by atoms with van der Waals surface area (Å²) >= 11 is 4.69. The lowest BCUT2D eigenvalue weighted by atomic mass is 10.7. The molecule has 0 heterocycles. The number of nitrogens with zero attached hydrogens (tertiary/aromatic N) is 2. The lowest BCUT2D eigenvalue weighted by molar-refractivity contribution is -0.115. The molecular weight excluding hydrogens is 152 g/mol. The Morgan fingerprint density at radius 3 is 1.70 bits per heavy atom. The topological polar surface area (TPSA) is 40.6 Å². The summed E-state index contributed by atoms with van der Waals surface area (Å²) in [4.78, 5) is 22.4. The SMILES string of the molecule is CN(C=O)C(=S)N(C)C=O. The summed E-state index contributed by atoms with van der Waals surface area (Å²) in [7, 11) is 2.96. The number of hydrogen-bond acceptors (Lipinski definition) is 3. The maximum atomic E-state index is 10.1. The van der Waals surface area contributed by atoms with Gasteiger partial charge in [-0.05, 0) is 12.2 Å². The number of rotatable bonds is 2. The van der Waals surface area contributed by atoms with Crippen molar-refractivity contribution in [3.8, 4) is 0 Å². The van der Waals surface area contributed by atoms with Gasteiger partial charge in [-0.1, -0.05) is 0 Å². The number of hydrogen-bond donors (Lipinski definition) is 0. The molecular formula is C5H8N2O2S. The van der Waals surface area contributed by atoms with E-state index in [1.54, 1.807) is 0 Å². The molecule has 0 aliphatic rings. The van der Waals surface area contributed by atoms with Crippen molar-refractivity contribution in [3.05, 3.63) is 0 Å². The first-order chi connectivity index (χ1) is 4.63. The van der Waals surface area contributed by atoms with Gasteiger partial charge in [-0.3, -0.25) is 19.4 Å². The molecule has 0 aromatic rings. The highest BCUT2D eigenvalue weighted by Gasteiger charge is 2.05. The first-order valence-corrected chi connectivity index (χ1v) is 2.94. The smallest absolute Gasteiger partial charge is 0.215 e. The van der Waals surface area contributed by atoms with Crippen LogP contribution in [0.1, 0.15) is 0 Å². The highest BCUT2D eigenvalue weighted by atomic mass is 32.1. The Bertz CT molecular complexity index is 144. The minimum atomic E-state index is 0.185. The minimum absolute atomic E-state index is 0.185. The van der Waals surface area contributed by atoms with Crippen LogP contribution < -0.4 is 0 Å². The van der Waals surface area contributed by atoms with Gasteiger partial charge in [-0.2, -0.15) is 0 Å². The molecule has 0 radical (unpaired) electrons. The zero-order valence-electron chi connectivity index (χ0n) is 5.77. The first-order valence-electron chi connectivity index (χ1n) is 2.53. The second-order valence-corrected chi connectivity index (χ2v) is 2.08. The average Bonchev–Trinajstić information content (AvgIpc) is 2.00. The largest absolute Gasteiger partial charge is 0.295 e. The van der Waals surface area contributed by atoms with Crippen molar-refractivity contribution in [1.29, 1.82) is 0 Å². The predicted octanol–water partition coefficient (Wildman–Crippen LogP) is -0.552. The molecule has 0 N–H and O–H groups in total. The van der Waals surface area contributed by atoms with Crippen LogP contribution in [0.5, 0.6) is 0 Å². The number of amides is 2. The third-order valence-corrected chi connectivity index (χ3v) is 1.50. The molecule has 0 atom stereocenters. The van der Waals surface area contributed by atoms with Crippen LogP contribution in [0.25, 0.3) is 0 Å².